The predicted octanol–water partition coefficient (Wildman–Crippen LogP) is -1.87. The minimum atomic E-state index is -1.42. The highest BCUT2D eigenvalue weighted by Gasteiger charge is 2.29. The number of rotatable bonds is 15. The molecule has 0 saturated heterocycles. The van der Waals surface area contributed by atoms with E-state index in [-0.39, 0.29) is 32.1 Å². The first kappa shape index (κ1) is 29.8. The summed E-state index contributed by atoms with van der Waals surface area (Å²) in [6.45, 7) is 1.38. The number of benzene rings is 1. The summed E-state index contributed by atoms with van der Waals surface area (Å²) in [6, 6.07) is 2.42. The number of para-hydroxylation sites is 1. The number of carbonyl (C=O) groups excluding carboxylic acids is 5. The number of nitrogens with two attached hydrogens (primary N) is 3. The quantitative estimate of drug-likeness (QED) is 0.129. The van der Waals surface area contributed by atoms with E-state index in [4.69, 9.17) is 17.2 Å². The third-order valence-electron chi connectivity index (χ3n) is 5.82. The van der Waals surface area contributed by atoms with Crippen molar-refractivity contribution < 1.29 is 33.9 Å². The Morgan fingerprint density at radius 2 is 1.47 bits per heavy atom. The third kappa shape index (κ3) is 8.89. The van der Waals surface area contributed by atoms with Crippen molar-refractivity contribution in [2.45, 2.75) is 63.2 Å². The van der Waals surface area contributed by atoms with Crippen LogP contribution in [0.1, 0.15) is 38.2 Å². The van der Waals surface area contributed by atoms with Crippen LogP contribution in [0, 0.1) is 0 Å². The van der Waals surface area contributed by atoms with Gasteiger partial charge in [-0.15, -0.1) is 0 Å². The lowest BCUT2D eigenvalue weighted by atomic mass is 10.0. The summed E-state index contributed by atoms with van der Waals surface area (Å²) < 4.78 is 0. The molecule has 14 heteroatoms. The van der Waals surface area contributed by atoms with E-state index in [1.807, 2.05) is 18.2 Å². The molecule has 1 heterocycles. The number of H-pyrrole nitrogens is 1. The maximum atomic E-state index is 13.1. The minimum Gasteiger partial charge on any atom is -0.480 e. The van der Waals surface area contributed by atoms with Gasteiger partial charge in [-0.25, -0.2) is 4.79 Å². The molecule has 0 bridgehead atoms. The Morgan fingerprint density at radius 1 is 0.868 bits per heavy atom. The van der Waals surface area contributed by atoms with E-state index < -0.39 is 59.7 Å². The molecule has 2 aromatic rings. The third-order valence-corrected chi connectivity index (χ3v) is 5.82. The first-order valence-corrected chi connectivity index (χ1v) is 11.9. The highest BCUT2D eigenvalue weighted by molar-refractivity contribution is 5.95. The first-order chi connectivity index (χ1) is 17.9. The number of carboxylic acids is 1. The van der Waals surface area contributed by atoms with Gasteiger partial charge in [0.05, 0.1) is 6.04 Å². The molecule has 0 aliphatic carbocycles. The number of fused-ring (bicyclic) bond motifs is 1. The summed E-state index contributed by atoms with van der Waals surface area (Å²) in [5, 5.41) is 17.6. The zero-order chi connectivity index (χ0) is 28.4. The SMILES string of the molecule is CC(NC(=O)C(N)CCC(N)=O)C(=O)NC(Cc1c[nH]c2ccccc12)C(=O)NC(CCC(N)=O)C(=O)O. The molecule has 1 aromatic heterocycles. The number of nitrogens with one attached hydrogen (secondary N) is 4. The Morgan fingerprint density at radius 3 is 2.11 bits per heavy atom. The van der Waals surface area contributed by atoms with Crippen LogP contribution in [0.3, 0.4) is 0 Å². The average molecular weight is 532 g/mol. The number of aromatic amines is 1. The fourth-order valence-electron chi connectivity index (χ4n) is 3.66. The van der Waals surface area contributed by atoms with Crippen molar-refractivity contribution in [3.63, 3.8) is 0 Å². The number of carboxylic acid groups (broad SMARTS) is 1. The van der Waals surface area contributed by atoms with Gasteiger partial charge >= 0.3 is 5.97 Å². The topological polar surface area (TPSA) is 253 Å². The van der Waals surface area contributed by atoms with Gasteiger partial charge in [-0.05, 0) is 31.4 Å². The number of primary amides is 2. The van der Waals surface area contributed by atoms with Gasteiger partial charge in [-0.2, -0.15) is 0 Å². The predicted molar refractivity (Wildman–Crippen MR) is 136 cm³/mol. The van der Waals surface area contributed by atoms with Gasteiger partial charge < -0.3 is 43.2 Å². The number of carbonyl (C=O) groups is 6. The number of aromatic nitrogens is 1. The molecular formula is C24H33N7O7. The van der Waals surface area contributed by atoms with Crippen LogP contribution in [0.25, 0.3) is 10.9 Å². The van der Waals surface area contributed by atoms with Crippen LogP contribution in [-0.2, 0) is 35.2 Å². The second-order valence-electron chi connectivity index (χ2n) is 8.87. The van der Waals surface area contributed by atoms with E-state index in [0.29, 0.717) is 5.56 Å². The molecule has 4 unspecified atom stereocenters. The molecule has 11 N–H and O–H groups in total. The molecule has 4 atom stereocenters. The van der Waals surface area contributed by atoms with Crippen molar-refractivity contribution in [1.29, 1.82) is 0 Å². The Balaban J connectivity index is 2.18. The molecule has 5 amide bonds. The monoisotopic (exact) mass is 531 g/mol. The van der Waals surface area contributed by atoms with Crippen molar-refractivity contribution in [3.8, 4) is 0 Å². The lowest BCUT2D eigenvalue weighted by molar-refractivity contribution is -0.142. The van der Waals surface area contributed by atoms with Gasteiger partial charge in [0.15, 0.2) is 0 Å². The normalized spacial score (nSPS) is 14.1. The van der Waals surface area contributed by atoms with Gasteiger partial charge in [-0.1, -0.05) is 18.2 Å². The number of hydrogen-bond acceptors (Lipinski definition) is 7. The van der Waals surface area contributed by atoms with Crippen molar-refractivity contribution >= 4 is 46.4 Å². The van der Waals surface area contributed by atoms with Crippen molar-refractivity contribution in [1.82, 2.24) is 20.9 Å². The summed E-state index contributed by atoms with van der Waals surface area (Å²) in [5.41, 5.74) is 17.4. The summed E-state index contributed by atoms with van der Waals surface area (Å²) in [5.74, 6) is -4.96. The molecule has 0 saturated carbocycles. The summed E-state index contributed by atoms with van der Waals surface area (Å²) in [4.78, 5) is 75.0. The van der Waals surface area contributed by atoms with Crippen LogP contribution in [0.15, 0.2) is 30.5 Å². The van der Waals surface area contributed by atoms with Crippen molar-refractivity contribution in [2.24, 2.45) is 17.2 Å². The van der Waals surface area contributed by atoms with Crippen molar-refractivity contribution in [2.75, 3.05) is 0 Å². The van der Waals surface area contributed by atoms with E-state index in [1.54, 1.807) is 12.3 Å². The Labute approximate surface area is 218 Å². The fraction of sp³-hybridized carbons (Fsp3) is 0.417. The van der Waals surface area contributed by atoms with Crippen LogP contribution < -0.4 is 33.2 Å². The summed E-state index contributed by atoms with van der Waals surface area (Å²) >= 11 is 0. The summed E-state index contributed by atoms with van der Waals surface area (Å²) in [6.07, 6.45) is 1.03. The maximum Gasteiger partial charge on any atom is 0.326 e. The highest BCUT2D eigenvalue weighted by atomic mass is 16.4. The van der Waals surface area contributed by atoms with E-state index in [1.165, 1.54) is 6.92 Å². The molecule has 0 radical (unpaired) electrons. The molecule has 14 nitrogen and oxygen atoms in total. The fourth-order valence-corrected chi connectivity index (χ4v) is 3.66. The van der Waals surface area contributed by atoms with Gasteiger partial charge in [0.1, 0.15) is 18.1 Å². The van der Waals surface area contributed by atoms with Gasteiger partial charge in [0.2, 0.25) is 29.5 Å². The molecule has 0 aliphatic heterocycles. The van der Waals surface area contributed by atoms with Crippen molar-refractivity contribution in [3.05, 3.63) is 36.0 Å². The Kier molecular flexibility index (Phi) is 10.8. The lowest BCUT2D eigenvalue weighted by Gasteiger charge is -2.23. The highest BCUT2D eigenvalue weighted by Crippen LogP contribution is 2.19. The van der Waals surface area contributed by atoms with Crippen LogP contribution >= 0.6 is 0 Å². The number of amides is 5. The zero-order valence-corrected chi connectivity index (χ0v) is 20.9. The lowest BCUT2D eigenvalue weighted by Crippen LogP contribution is -2.57. The second-order valence-corrected chi connectivity index (χ2v) is 8.87. The van der Waals surface area contributed by atoms with Crippen LogP contribution in [0.2, 0.25) is 0 Å². The van der Waals surface area contributed by atoms with E-state index >= 15 is 0 Å². The van der Waals surface area contributed by atoms with E-state index in [2.05, 4.69) is 20.9 Å². The number of hydrogen-bond donors (Lipinski definition) is 8. The molecule has 1 aromatic carbocycles. The van der Waals surface area contributed by atoms with E-state index in [0.717, 1.165) is 10.9 Å². The van der Waals surface area contributed by atoms with Gasteiger partial charge in [0.25, 0.3) is 0 Å². The van der Waals surface area contributed by atoms with Crippen LogP contribution in [0.4, 0.5) is 0 Å². The van der Waals surface area contributed by atoms with Crippen LogP contribution in [-0.4, -0.2) is 69.8 Å². The largest absolute Gasteiger partial charge is 0.480 e. The molecular weight excluding hydrogens is 498 g/mol. The van der Waals surface area contributed by atoms with E-state index in [9.17, 15) is 33.9 Å². The number of aliphatic carboxylic acids is 1. The Bertz CT molecular complexity index is 1200. The smallest absolute Gasteiger partial charge is 0.326 e. The first-order valence-electron chi connectivity index (χ1n) is 11.9. The standard InChI is InChI=1S/C24H33N7O7/c1-12(29-22(35)15(25)6-8-19(26)32)21(34)31-18(10-13-11-28-16-5-3-2-4-14(13)16)23(36)30-17(24(37)38)7-9-20(27)33/h2-5,11-12,15,17-18,28H,6-10,25H2,1H3,(H2,26,32)(H2,27,33)(H,29,35)(H,30,36)(H,31,34)(H,37,38). The minimum absolute atomic E-state index is 0.0109. The van der Waals surface area contributed by atoms with Crippen LogP contribution in [0.5, 0.6) is 0 Å². The molecule has 206 valence electrons. The van der Waals surface area contributed by atoms with Gasteiger partial charge in [0, 0.05) is 36.4 Å². The second kappa shape index (κ2) is 13.7. The summed E-state index contributed by atoms with van der Waals surface area (Å²) in [7, 11) is 0. The zero-order valence-electron chi connectivity index (χ0n) is 20.9. The molecule has 2 rings (SSSR count). The average Bonchev–Trinajstić information content (AvgIpc) is 3.26. The Hall–Kier alpha value is -4.46. The molecule has 0 fully saturated rings. The molecule has 0 spiro atoms. The van der Waals surface area contributed by atoms with Gasteiger partial charge in [-0.3, -0.25) is 24.0 Å². The molecule has 0 aliphatic rings. The molecule has 38 heavy (non-hydrogen) atoms. The maximum absolute atomic E-state index is 13.1.